The summed E-state index contributed by atoms with van der Waals surface area (Å²) in [4.78, 5) is 1.87. The van der Waals surface area contributed by atoms with E-state index in [9.17, 15) is 21.6 Å². The second-order valence-electron chi connectivity index (χ2n) is 6.08. The lowest BCUT2D eigenvalue weighted by molar-refractivity contribution is -0.274. The minimum atomic E-state index is -4.82. The van der Waals surface area contributed by atoms with Crippen molar-refractivity contribution in [3.63, 3.8) is 0 Å². The first kappa shape index (κ1) is 21.0. The summed E-state index contributed by atoms with van der Waals surface area (Å²) >= 11 is 0. The van der Waals surface area contributed by atoms with Gasteiger partial charge in [0.05, 0.1) is 4.90 Å². The second kappa shape index (κ2) is 8.62. The maximum Gasteiger partial charge on any atom is 0.573 e. The molecule has 148 valence electrons. The van der Waals surface area contributed by atoms with Gasteiger partial charge in [-0.2, -0.15) is 0 Å². The Balaban J connectivity index is 1.85. The Hall–Kier alpha value is -2.26. The Kier molecular flexibility index (Phi) is 6.72. The van der Waals surface area contributed by atoms with Gasteiger partial charge in [0.2, 0.25) is 10.0 Å². The number of nitrogens with one attached hydrogen (secondary N) is 1. The molecule has 27 heavy (non-hydrogen) atoms. The van der Waals surface area contributed by atoms with Gasteiger partial charge in [0.15, 0.2) is 0 Å². The Bertz CT molecular complexity index is 834. The first-order valence-electron chi connectivity index (χ1n) is 8.18. The average Bonchev–Trinajstić information content (AvgIpc) is 2.58. The Morgan fingerprint density at radius 1 is 1.00 bits per heavy atom. The summed E-state index contributed by atoms with van der Waals surface area (Å²) in [7, 11) is 0.113. The molecule has 0 saturated carbocycles. The number of ether oxygens (including phenoxy) is 1. The third-order valence-corrected chi connectivity index (χ3v) is 5.23. The summed E-state index contributed by atoms with van der Waals surface area (Å²) in [6.45, 7) is 0.221. The molecule has 2 aromatic rings. The molecule has 0 amide bonds. The Morgan fingerprint density at radius 2 is 1.59 bits per heavy atom. The quantitative estimate of drug-likeness (QED) is 0.686. The van der Waals surface area contributed by atoms with Crippen LogP contribution in [0.5, 0.6) is 5.75 Å². The zero-order valence-corrected chi connectivity index (χ0v) is 15.8. The van der Waals surface area contributed by atoms with Crippen molar-refractivity contribution in [2.24, 2.45) is 0 Å². The molecule has 0 aliphatic heterocycles. The highest BCUT2D eigenvalue weighted by atomic mass is 32.2. The van der Waals surface area contributed by atoms with Crippen LogP contribution in [-0.2, 0) is 16.4 Å². The summed E-state index contributed by atoms with van der Waals surface area (Å²) in [5.41, 5.74) is 2.17. The maximum atomic E-state index is 12.2. The molecule has 1 N–H and O–H groups in total. The van der Waals surface area contributed by atoms with Crippen molar-refractivity contribution in [3.8, 4) is 5.75 Å². The molecule has 0 atom stereocenters. The van der Waals surface area contributed by atoms with E-state index >= 15 is 0 Å². The van der Waals surface area contributed by atoms with Gasteiger partial charge in [-0.15, -0.1) is 13.2 Å². The van der Waals surface area contributed by atoms with Gasteiger partial charge >= 0.3 is 6.36 Å². The molecule has 9 heteroatoms. The molecule has 0 heterocycles. The number of sulfonamides is 1. The van der Waals surface area contributed by atoms with Crippen molar-refractivity contribution in [3.05, 3.63) is 54.1 Å². The van der Waals surface area contributed by atoms with Crippen LogP contribution in [0.4, 0.5) is 18.9 Å². The molecule has 2 aromatic carbocycles. The number of aryl methyl sites for hydroxylation is 1. The largest absolute Gasteiger partial charge is 0.573 e. The number of hydrogen-bond acceptors (Lipinski definition) is 4. The highest BCUT2D eigenvalue weighted by molar-refractivity contribution is 7.89. The molecule has 0 saturated heterocycles. The summed E-state index contributed by atoms with van der Waals surface area (Å²) in [6, 6.07) is 12.0. The normalized spacial score (nSPS) is 12.0. The highest BCUT2D eigenvalue weighted by Gasteiger charge is 2.31. The van der Waals surface area contributed by atoms with E-state index in [0.29, 0.717) is 12.8 Å². The van der Waals surface area contributed by atoms with E-state index in [4.69, 9.17) is 0 Å². The number of nitrogens with zero attached hydrogens (tertiary/aromatic N) is 1. The number of rotatable bonds is 8. The predicted octanol–water partition coefficient (Wildman–Crippen LogP) is 3.56. The lowest BCUT2D eigenvalue weighted by Crippen LogP contribution is -2.25. The third kappa shape index (κ3) is 6.76. The van der Waals surface area contributed by atoms with Crippen molar-refractivity contribution in [2.75, 3.05) is 25.5 Å². The van der Waals surface area contributed by atoms with Crippen molar-refractivity contribution < 1.29 is 26.3 Å². The highest BCUT2D eigenvalue weighted by Crippen LogP contribution is 2.23. The van der Waals surface area contributed by atoms with E-state index in [-0.39, 0.29) is 11.4 Å². The summed E-state index contributed by atoms with van der Waals surface area (Å²) in [5.74, 6) is -0.470. The van der Waals surface area contributed by atoms with Gasteiger partial charge in [-0.3, -0.25) is 0 Å². The summed E-state index contributed by atoms with van der Waals surface area (Å²) < 4.78 is 66.9. The minimum absolute atomic E-state index is 0.118. The van der Waals surface area contributed by atoms with E-state index in [1.165, 1.54) is 0 Å². The molecule has 0 fully saturated rings. The lowest BCUT2D eigenvalue weighted by Gasteiger charge is -2.13. The van der Waals surface area contributed by atoms with Crippen molar-refractivity contribution in [2.45, 2.75) is 24.1 Å². The molecular weight excluding hydrogens is 381 g/mol. The second-order valence-corrected chi connectivity index (χ2v) is 7.85. The standard InChI is InChI=1S/C18H21F3N2O3S/c1-23(2)15-7-5-14(6-8-15)4-3-13-22-27(24,25)17-11-9-16(10-12-17)26-18(19,20)21/h5-12,22H,3-4,13H2,1-2H3. The Morgan fingerprint density at radius 3 is 2.11 bits per heavy atom. The monoisotopic (exact) mass is 402 g/mol. The van der Waals surface area contributed by atoms with Crippen LogP contribution >= 0.6 is 0 Å². The van der Waals surface area contributed by atoms with Gasteiger partial charge in [0.25, 0.3) is 0 Å². The van der Waals surface area contributed by atoms with Crippen molar-refractivity contribution in [1.29, 1.82) is 0 Å². The molecule has 0 aromatic heterocycles. The van der Waals surface area contributed by atoms with Crippen LogP contribution in [-0.4, -0.2) is 35.4 Å². The van der Waals surface area contributed by atoms with Gasteiger partial charge in [-0.1, -0.05) is 12.1 Å². The topological polar surface area (TPSA) is 58.6 Å². The van der Waals surface area contributed by atoms with Crippen LogP contribution in [0.3, 0.4) is 0 Å². The molecule has 0 radical (unpaired) electrons. The number of alkyl halides is 3. The number of anilines is 1. The van der Waals surface area contributed by atoms with Gasteiger partial charge in [-0.25, -0.2) is 13.1 Å². The molecular formula is C18H21F3N2O3S. The van der Waals surface area contributed by atoms with E-state index in [1.54, 1.807) is 0 Å². The fourth-order valence-corrected chi connectivity index (χ4v) is 3.44. The van der Waals surface area contributed by atoms with E-state index in [2.05, 4.69) is 9.46 Å². The summed E-state index contributed by atoms with van der Waals surface area (Å²) in [5, 5.41) is 0. The van der Waals surface area contributed by atoms with Gasteiger partial charge in [0.1, 0.15) is 5.75 Å². The fraction of sp³-hybridized carbons (Fsp3) is 0.333. The molecule has 2 rings (SSSR count). The molecule has 5 nitrogen and oxygen atoms in total. The van der Waals surface area contributed by atoms with Crippen molar-refractivity contribution >= 4 is 15.7 Å². The van der Waals surface area contributed by atoms with Crippen LogP contribution in [0.15, 0.2) is 53.4 Å². The van der Waals surface area contributed by atoms with Crippen LogP contribution in [0, 0.1) is 0 Å². The third-order valence-electron chi connectivity index (χ3n) is 3.75. The Labute approximate surface area is 156 Å². The zero-order chi connectivity index (χ0) is 20.1. The average molecular weight is 402 g/mol. The minimum Gasteiger partial charge on any atom is -0.406 e. The molecule has 0 unspecified atom stereocenters. The molecule has 0 aliphatic carbocycles. The maximum absolute atomic E-state index is 12.2. The van der Waals surface area contributed by atoms with Gasteiger partial charge < -0.3 is 9.64 Å². The first-order valence-corrected chi connectivity index (χ1v) is 9.67. The van der Waals surface area contributed by atoms with Gasteiger partial charge in [0, 0.05) is 26.3 Å². The smallest absolute Gasteiger partial charge is 0.406 e. The van der Waals surface area contributed by atoms with E-state index < -0.39 is 22.1 Å². The van der Waals surface area contributed by atoms with Crippen LogP contribution < -0.4 is 14.4 Å². The van der Waals surface area contributed by atoms with Crippen molar-refractivity contribution in [1.82, 2.24) is 4.72 Å². The summed E-state index contributed by atoms with van der Waals surface area (Å²) in [6.07, 6.45) is -3.52. The molecule has 0 bridgehead atoms. The number of halogens is 3. The van der Waals surface area contributed by atoms with E-state index in [0.717, 1.165) is 35.5 Å². The van der Waals surface area contributed by atoms with E-state index in [1.807, 2.05) is 43.3 Å². The molecule has 0 spiro atoms. The zero-order valence-electron chi connectivity index (χ0n) is 15.0. The number of hydrogen-bond donors (Lipinski definition) is 1. The SMILES string of the molecule is CN(C)c1ccc(CCCNS(=O)(=O)c2ccc(OC(F)(F)F)cc2)cc1. The van der Waals surface area contributed by atoms with Gasteiger partial charge in [-0.05, 0) is 54.8 Å². The van der Waals surface area contributed by atoms with Crippen LogP contribution in [0.25, 0.3) is 0 Å². The first-order chi connectivity index (χ1) is 12.6. The lowest BCUT2D eigenvalue weighted by atomic mass is 10.1. The van der Waals surface area contributed by atoms with Crippen LogP contribution in [0.1, 0.15) is 12.0 Å². The van der Waals surface area contributed by atoms with Crippen LogP contribution in [0.2, 0.25) is 0 Å². The fourth-order valence-electron chi connectivity index (χ4n) is 2.36. The predicted molar refractivity (Wildman–Crippen MR) is 97.4 cm³/mol. The molecule has 0 aliphatic rings. The number of benzene rings is 2.